The van der Waals surface area contributed by atoms with Crippen LogP contribution in [-0.2, 0) is 13.0 Å². The van der Waals surface area contributed by atoms with E-state index in [1.807, 2.05) is 44.2 Å². The number of hydrogen-bond acceptors (Lipinski definition) is 6. The highest BCUT2D eigenvalue weighted by Gasteiger charge is 2.21. The Balaban J connectivity index is 1.44. The number of H-pyrrole nitrogens is 1. The van der Waals surface area contributed by atoms with Gasteiger partial charge in [0.1, 0.15) is 0 Å². The molecule has 0 unspecified atom stereocenters. The first-order valence-electron chi connectivity index (χ1n) is 8.77. The van der Waals surface area contributed by atoms with Crippen LogP contribution in [0.2, 0.25) is 0 Å². The Hall–Kier alpha value is -2.71. The van der Waals surface area contributed by atoms with Crippen molar-refractivity contribution in [1.29, 1.82) is 0 Å². The van der Waals surface area contributed by atoms with Crippen LogP contribution in [0.3, 0.4) is 0 Å². The van der Waals surface area contributed by atoms with Crippen molar-refractivity contribution in [2.45, 2.75) is 36.9 Å². The van der Waals surface area contributed by atoms with Gasteiger partial charge >= 0.3 is 0 Å². The monoisotopic (exact) mass is 380 g/mol. The summed E-state index contributed by atoms with van der Waals surface area (Å²) in [6.07, 6.45) is 0.863. The van der Waals surface area contributed by atoms with Gasteiger partial charge in [-0.3, -0.25) is 9.89 Å². The standard InChI is InChI=1S/C19H20N6OS/c1-11-9-12(2)22-19(21-11)27-14-5-3-13(4-6-14)23-18(26)17-15-10-20-8-7-16(15)24-25-17/h3-6,9,20H,7-8,10H2,1-2H3,(H,23,26)(H,24,25). The molecule has 0 saturated heterocycles. The van der Waals surface area contributed by atoms with Crippen LogP contribution in [0.1, 0.15) is 33.1 Å². The van der Waals surface area contributed by atoms with Crippen LogP contribution in [0.4, 0.5) is 5.69 Å². The number of aromatic amines is 1. The zero-order valence-electron chi connectivity index (χ0n) is 15.2. The van der Waals surface area contributed by atoms with Gasteiger partial charge in [0, 0.05) is 52.7 Å². The van der Waals surface area contributed by atoms with Gasteiger partial charge in [-0.05, 0) is 55.9 Å². The predicted molar refractivity (Wildman–Crippen MR) is 104 cm³/mol. The van der Waals surface area contributed by atoms with E-state index in [0.717, 1.165) is 51.4 Å². The Morgan fingerprint density at radius 3 is 2.63 bits per heavy atom. The second kappa shape index (κ2) is 7.50. The summed E-state index contributed by atoms with van der Waals surface area (Å²) in [6, 6.07) is 9.60. The van der Waals surface area contributed by atoms with Gasteiger partial charge in [-0.1, -0.05) is 0 Å². The number of aromatic nitrogens is 4. The summed E-state index contributed by atoms with van der Waals surface area (Å²) in [7, 11) is 0. The van der Waals surface area contributed by atoms with E-state index >= 15 is 0 Å². The molecule has 1 aliphatic heterocycles. The maximum Gasteiger partial charge on any atom is 0.276 e. The average Bonchev–Trinajstić information content (AvgIpc) is 3.07. The smallest absolute Gasteiger partial charge is 0.276 e. The number of fused-ring (bicyclic) bond motifs is 1. The molecule has 138 valence electrons. The van der Waals surface area contributed by atoms with E-state index in [0.29, 0.717) is 12.2 Å². The van der Waals surface area contributed by atoms with Crippen molar-refractivity contribution in [2.75, 3.05) is 11.9 Å². The van der Waals surface area contributed by atoms with Gasteiger partial charge in [0.25, 0.3) is 5.91 Å². The number of hydrogen-bond donors (Lipinski definition) is 3. The molecule has 0 fully saturated rings. The van der Waals surface area contributed by atoms with Gasteiger partial charge < -0.3 is 10.6 Å². The van der Waals surface area contributed by atoms with Crippen LogP contribution in [0.25, 0.3) is 0 Å². The highest BCUT2D eigenvalue weighted by molar-refractivity contribution is 7.99. The number of nitrogens with zero attached hydrogens (tertiary/aromatic N) is 3. The van der Waals surface area contributed by atoms with E-state index in [4.69, 9.17) is 0 Å². The summed E-state index contributed by atoms with van der Waals surface area (Å²) < 4.78 is 0. The van der Waals surface area contributed by atoms with Crippen LogP contribution < -0.4 is 10.6 Å². The third kappa shape index (κ3) is 4.01. The van der Waals surface area contributed by atoms with Crippen LogP contribution in [0.5, 0.6) is 0 Å². The van der Waals surface area contributed by atoms with Gasteiger partial charge in [-0.25, -0.2) is 9.97 Å². The third-order valence-corrected chi connectivity index (χ3v) is 5.18. The molecule has 0 spiro atoms. The topological polar surface area (TPSA) is 95.6 Å². The second-order valence-electron chi connectivity index (χ2n) is 6.47. The lowest BCUT2D eigenvalue weighted by Crippen LogP contribution is -2.25. The van der Waals surface area contributed by atoms with Crippen molar-refractivity contribution in [3.8, 4) is 0 Å². The molecule has 0 atom stereocenters. The number of anilines is 1. The lowest BCUT2D eigenvalue weighted by Gasteiger charge is -2.13. The third-order valence-electron chi connectivity index (χ3n) is 4.30. The van der Waals surface area contributed by atoms with Crippen molar-refractivity contribution in [1.82, 2.24) is 25.5 Å². The van der Waals surface area contributed by atoms with E-state index < -0.39 is 0 Å². The van der Waals surface area contributed by atoms with Crippen molar-refractivity contribution >= 4 is 23.4 Å². The van der Waals surface area contributed by atoms with Gasteiger partial charge in [0.05, 0.1) is 0 Å². The number of carbonyl (C=O) groups excluding carboxylic acids is 1. The molecular formula is C19H20N6OS. The Labute approximate surface area is 161 Å². The van der Waals surface area contributed by atoms with Crippen LogP contribution in [0.15, 0.2) is 40.4 Å². The minimum absolute atomic E-state index is 0.200. The van der Waals surface area contributed by atoms with Crippen molar-refractivity contribution in [3.05, 3.63) is 58.7 Å². The van der Waals surface area contributed by atoms with E-state index in [9.17, 15) is 4.79 Å². The molecule has 0 aliphatic carbocycles. The molecule has 3 N–H and O–H groups in total. The first kappa shape index (κ1) is 17.7. The molecule has 0 bridgehead atoms. The highest BCUT2D eigenvalue weighted by Crippen LogP contribution is 2.26. The molecular weight excluding hydrogens is 360 g/mol. The molecule has 7 nitrogen and oxygen atoms in total. The molecule has 3 heterocycles. The summed E-state index contributed by atoms with van der Waals surface area (Å²) in [5, 5.41) is 14.1. The molecule has 4 rings (SSSR count). The number of nitrogens with one attached hydrogen (secondary N) is 3. The molecule has 1 aromatic carbocycles. The number of benzene rings is 1. The summed E-state index contributed by atoms with van der Waals surface area (Å²) in [6.45, 7) is 5.49. The van der Waals surface area contributed by atoms with Gasteiger partial charge in [-0.15, -0.1) is 0 Å². The van der Waals surface area contributed by atoms with Gasteiger partial charge in [0.15, 0.2) is 10.9 Å². The maximum atomic E-state index is 12.6. The number of rotatable bonds is 4. The predicted octanol–water partition coefficient (Wildman–Crippen LogP) is 2.87. The lowest BCUT2D eigenvalue weighted by atomic mass is 10.1. The van der Waals surface area contributed by atoms with Crippen molar-refractivity contribution < 1.29 is 4.79 Å². The van der Waals surface area contributed by atoms with Crippen LogP contribution >= 0.6 is 11.8 Å². The molecule has 2 aromatic heterocycles. The number of carbonyl (C=O) groups is 1. The fraction of sp³-hybridized carbons (Fsp3) is 0.263. The summed E-state index contributed by atoms with van der Waals surface area (Å²) in [4.78, 5) is 22.4. The minimum Gasteiger partial charge on any atom is -0.321 e. The first-order chi connectivity index (χ1) is 13.1. The first-order valence-corrected chi connectivity index (χ1v) is 9.58. The molecule has 1 amide bonds. The summed E-state index contributed by atoms with van der Waals surface area (Å²) in [5.41, 5.74) is 5.08. The second-order valence-corrected chi connectivity index (χ2v) is 7.51. The van der Waals surface area contributed by atoms with Crippen molar-refractivity contribution in [3.63, 3.8) is 0 Å². The normalized spacial score (nSPS) is 13.3. The van der Waals surface area contributed by atoms with Gasteiger partial charge in [0.2, 0.25) is 0 Å². The molecule has 8 heteroatoms. The van der Waals surface area contributed by atoms with Crippen LogP contribution in [0, 0.1) is 13.8 Å². The SMILES string of the molecule is Cc1cc(C)nc(Sc2ccc(NC(=O)c3n[nH]c4c3CNCC4)cc2)n1. The highest BCUT2D eigenvalue weighted by atomic mass is 32.2. The zero-order chi connectivity index (χ0) is 18.8. The quantitative estimate of drug-likeness (QED) is 0.603. The summed E-state index contributed by atoms with van der Waals surface area (Å²) in [5.74, 6) is -0.200. The molecule has 1 aliphatic rings. The molecule has 0 saturated carbocycles. The largest absolute Gasteiger partial charge is 0.321 e. The minimum atomic E-state index is -0.200. The van der Waals surface area contributed by atoms with E-state index in [2.05, 4.69) is 30.8 Å². The van der Waals surface area contributed by atoms with E-state index in [1.165, 1.54) is 11.8 Å². The van der Waals surface area contributed by atoms with Crippen LogP contribution in [-0.4, -0.2) is 32.6 Å². The number of aryl methyl sites for hydroxylation is 2. The molecule has 0 radical (unpaired) electrons. The fourth-order valence-corrected chi connectivity index (χ4v) is 3.92. The lowest BCUT2D eigenvalue weighted by molar-refractivity contribution is 0.102. The summed E-state index contributed by atoms with van der Waals surface area (Å²) >= 11 is 1.50. The van der Waals surface area contributed by atoms with E-state index in [-0.39, 0.29) is 5.91 Å². The average molecular weight is 380 g/mol. The maximum absolute atomic E-state index is 12.6. The van der Waals surface area contributed by atoms with Crippen molar-refractivity contribution in [2.24, 2.45) is 0 Å². The Morgan fingerprint density at radius 1 is 1.15 bits per heavy atom. The van der Waals surface area contributed by atoms with Gasteiger partial charge in [-0.2, -0.15) is 5.10 Å². The Bertz CT molecular complexity index is 962. The van der Waals surface area contributed by atoms with E-state index in [1.54, 1.807) is 0 Å². The Morgan fingerprint density at radius 2 is 1.89 bits per heavy atom. The number of amides is 1. The fourth-order valence-electron chi connectivity index (χ4n) is 3.05. The Kier molecular flexibility index (Phi) is 4.91. The molecule has 3 aromatic rings. The zero-order valence-corrected chi connectivity index (χ0v) is 16.0. The molecule has 27 heavy (non-hydrogen) atoms.